The Morgan fingerprint density at radius 3 is 2.67 bits per heavy atom. The van der Waals surface area contributed by atoms with E-state index in [-0.39, 0.29) is 35.1 Å². The number of ether oxygens (including phenoxy) is 1. The van der Waals surface area contributed by atoms with E-state index < -0.39 is 15.8 Å². The lowest BCUT2D eigenvalue weighted by Gasteiger charge is -2.08. The summed E-state index contributed by atoms with van der Waals surface area (Å²) >= 11 is 0. The lowest BCUT2D eigenvalue weighted by atomic mass is 10.2. The van der Waals surface area contributed by atoms with Gasteiger partial charge in [0, 0.05) is 11.4 Å². The maximum absolute atomic E-state index is 11.2. The topological polar surface area (TPSA) is 107 Å². The Labute approximate surface area is 105 Å². The Morgan fingerprint density at radius 2 is 2.11 bits per heavy atom. The van der Waals surface area contributed by atoms with E-state index in [4.69, 9.17) is 15.6 Å². The fourth-order valence-corrected chi connectivity index (χ4v) is 1.87. The highest BCUT2D eigenvalue weighted by Crippen LogP contribution is 2.19. The number of nitrogens with two attached hydrogens (primary N) is 1. The van der Waals surface area contributed by atoms with E-state index >= 15 is 0 Å². The first kappa shape index (κ1) is 14.3. The highest BCUT2D eigenvalue weighted by molar-refractivity contribution is 7.91. The molecule has 3 N–H and O–H groups in total. The van der Waals surface area contributed by atoms with Gasteiger partial charge in [0.25, 0.3) is 0 Å². The van der Waals surface area contributed by atoms with Crippen LogP contribution in [0, 0.1) is 0 Å². The van der Waals surface area contributed by atoms with Crippen LogP contribution >= 0.6 is 0 Å². The number of aromatic carboxylic acids is 1. The maximum Gasteiger partial charge on any atom is 0.337 e. The number of rotatable bonds is 6. The number of carboxylic acids is 1. The van der Waals surface area contributed by atoms with Crippen molar-refractivity contribution in [3.05, 3.63) is 23.8 Å². The van der Waals surface area contributed by atoms with Gasteiger partial charge >= 0.3 is 5.97 Å². The molecule has 0 heterocycles. The molecule has 18 heavy (non-hydrogen) atoms. The summed E-state index contributed by atoms with van der Waals surface area (Å²) in [5.74, 6) is -0.915. The summed E-state index contributed by atoms with van der Waals surface area (Å²) in [5.41, 5.74) is 5.55. The van der Waals surface area contributed by atoms with Gasteiger partial charge in [-0.3, -0.25) is 0 Å². The molecule has 0 aliphatic rings. The molecule has 0 unspecified atom stereocenters. The lowest BCUT2D eigenvalue weighted by molar-refractivity contribution is 0.0697. The normalized spacial score (nSPS) is 11.2. The molecule has 0 amide bonds. The summed E-state index contributed by atoms with van der Waals surface area (Å²) in [6, 6.07) is 4.18. The van der Waals surface area contributed by atoms with E-state index in [1.54, 1.807) is 6.92 Å². The summed E-state index contributed by atoms with van der Waals surface area (Å²) in [6.45, 7) is 1.54. The van der Waals surface area contributed by atoms with Gasteiger partial charge < -0.3 is 15.6 Å². The van der Waals surface area contributed by atoms with Gasteiger partial charge in [-0.05, 0) is 18.2 Å². The van der Waals surface area contributed by atoms with Crippen LogP contribution in [0.3, 0.4) is 0 Å². The quantitative estimate of drug-likeness (QED) is 0.742. The summed E-state index contributed by atoms with van der Waals surface area (Å²) in [4.78, 5) is 10.8. The van der Waals surface area contributed by atoms with E-state index in [1.165, 1.54) is 18.2 Å². The van der Waals surface area contributed by atoms with E-state index in [0.717, 1.165) is 0 Å². The number of sulfone groups is 1. The summed E-state index contributed by atoms with van der Waals surface area (Å²) < 4.78 is 27.6. The second-order valence-electron chi connectivity index (χ2n) is 3.64. The molecular weight excluding hydrogens is 258 g/mol. The van der Waals surface area contributed by atoms with Gasteiger partial charge in [-0.2, -0.15) is 0 Å². The van der Waals surface area contributed by atoms with Crippen molar-refractivity contribution in [1.82, 2.24) is 0 Å². The van der Waals surface area contributed by atoms with Crippen molar-refractivity contribution in [3.63, 3.8) is 0 Å². The van der Waals surface area contributed by atoms with E-state index in [1.807, 2.05) is 0 Å². The summed E-state index contributed by atoms with van der Waals surface area (Å²) in [5, 5.41) is 8.85. The van der Waals surface area contributed by atoms with Crippen molar-refractivity contribution in [1.29, 1.82) is 0 Å². The zero-order chi connectivity index (χ0) is 13.8. The largest absolute Gasteiger partial charge is 0.493 e. The average Bonchev–Trinajstić information content (AvgIpc) is 2.31. The van der Waals surface area contributed by atoms with Gasteiger partial charge in [0.2, 0.25) is 0 Å². The fraction of sp³-hybridized carbons (Fsp3) is 0.364. The summed E-state index contributed by atoms with van der Waals surface area (Å²) in [7, 11) is -3.09. The molecule has 0 bridgehead atoms. The highest BCUT2D eigenvalue weighted by Gasteiger charge is 2.11. The highest BCUT2D eigenvalue weighted by atomic mass is 32.2. The fourth-order valence-electron chi connectivity index (χ4n) is 1.24. The molecule has 1 aromatic carbocycles. The van der Waals surface area contributed by atoms with Crippen LogP contribution in [0.15, 0.2) is 18.2 Å². The van der Waals surface area contributed by atoms with Gasteiger partial charge in [0.15, 0.2) is 9.84 Å². The molecule has 6 nitrogen and oxygen atoms in total. The third kappa shape index (κ3) is 3.92. The lowest BCUT2D eigenvalue weighted by Crippen LogP contribution is -2.15. The van der Waals surface area contributed by atoms with Crippen molar-refractivity contribution < 1.29 is 23.1 Å². The Kier molecular flexibility index (Phi) is 4.55. The molecule has 0 fully saturated rings. The predicted molar refractivity (Wildman–Crippen MR) is 67.6 cm³/mol. The molecule has 0 aliphatic heterocycles. The zero-order valence-corrected chi connectivity index (χ0v) is 10.7. The van der Waals surface area contributed by atoms with Crippen molar-refractivity contribution in [2.45, 2.75) is 6.92 Å². The number of hydrogen-bond donors (Lipinski definition) is 2. The minimum atomic E-state index is -3.09. The summed E-state index contributed by atoms with van der Waals surface area (Å²) in [6.07, 6.45) is 0. The molecule has 0 radical (unpaired) electrons. The van der Waals surface area contributed by atoms with Gasteiger partial charge in [-0.15, -0.1) is 0 Å². The van der Waals surface area contributed by atoms with Crippen LogP contribution in [0.4, 0.5) is 5.69 Å². The van der Waals surface area contributed by atoms with E-state index in [2.05, 4.69) is 0 Å². The number of benzene rings is 1. The molecule has 1 aromatic rings. The maximum atomic E-state index is 11.2. The van der Waals surface area contributed by atoms with Gasteiger partial charge in [0.1, 0.15) is 12.4 Å². The van der Waals surface area contributed by atoms with Crippen LogP contribution in [0.5, 0.6) is 5.75 Å². The molecule has 7 heteroatoms. The van der Waals surface area contributed by atoms with Gasteiger partial charge in [0.05, 0.1) is 11.3 Å². The average molecular weight is 273 g/mol. The predicted octanol–water partition coefficient (Wildman–Crippen LogP) is 0.781. The van der Waals surface area contributed by atoms with Crippen LogP contribution < -0.4 is 10.5 Å². The molecule has 0 saturated heterocycles. The first-order valence-electron chi connectivity index (χ1n) is 5.32. The smallest absolute Gasteiger partial charge is 0.337 e. The number of nitrogen functional groups attached to an aromatic ring is 1. The van der Waals surface area contributed by atoms with Gasteiger partial charge in [-0.1, -0.05) is 6.92 Å². The molecule has 1 rings (SSSR count). The van der Waals surface area contributed by atoms with Crippen molar-refractivity contribution in [2.75, 3.05) is 23.8 Å². The number of carboxylic acid groups (broad SMARTS) is 1. The monoisotopic (exact) mass is 273 g/mol. The molecule has 0 atom stereocenters. The van der Waals surface area contributed by atoms with Crippen LogP contribution in [-0.4, -0.2) is 37.6 Å². The number of hydrogen-bond acceptors (Lipinski definition) is 5. The van der Waals surface area contributed by atoms with Crippen molar-refractivity contribution in [2.24, 2.45) is 0 Å². The molecule has 0 saturated carbocycles. The Hall–Kier alpha value is -1.76. The molecular formula is C11H15NO5S. The van der Waals surface area contributed by atoms with E-state index in [9.17, 15) is 13.2 Å². The first-order valence-corrected chi connectivity index (χ1v) is 7.14. The van der Waals surface area contributed by atoms with Crippen LogP contribution in [0.2, 0.25) is 0 Å². The third-order valence-corrected chi connectivity index (χ3v) is 4.03. The number of anilines is 1. The molecule has 0 spiro atoms. The van der Waals surface area contributed by atoms with Crippen LogP contribution in [0.25, 0.3) is 0 Å². The Morgan fingerprint density at radius 1 is 1.44 bits per heavy atom. The first-order chi connectivity index (χ1) is 8.35. The Bertz CT molecular complexity index is 538. The van der Waals surface area contributed by atoms with Crippen molar-refractivity contribution >= 4 is 21.5 Å². The van der Waals surface area contributed by atoms with Crippen LogP contribution in [-0.2, 0) is 9.84 Å². The van der Waals surface area contributed by atoms with Crippen LogP contribution in [0.1, 0.15) is 17.3 Å². The second-order valence-corrected chi connectivity index (χ2v) is 6.11. The standard InChI is InChI=1S/C11H15NO5S/c1-2-18(15,16)6-5-17-8-3-4-10(12)9(7-8)11(13)14/h3-4,7H,2,5-6,12H2,1H3,(H,13,14). The SMILES string of the molecule is CCS(=O)(=O)CCOc1ccc(N)c(C(=O)O)c1. The second kappa shape index (κ2) is 5.72. The molecule has 0 aromatic heterocycles. The molecule has 100 valence electrons. The minimum absolute atomic E-state index is 0.0147. The van der Waals surface area contributed by atoms with Crippen molar-refractivity contribution in [3.8, 4) is 5.75 Å². The van der Waals surface area contributed by atoms with Gasteiger partial charge in [-0.25, -0.2) is 13.2 Å². The number of carbonyl (C=O) groups is 1. The molecule has 0 aliphatic carbocycles. The third-order valence-electron chi connectivity index (χ3n) is 2.36. The Balaban J connectivity index is 2.69. The van der Waals surface area contributed by atoms with E-state index in [0.29, 0.717) is 0 Å². The minimum Gasteiger partial charge on any atom is -0.493 e. The zero-order valence-electron chi connectivity index (χ0n) is 9.92.